The van der Waals surface area contributed by atoms with Gasteiger partial charge in [-0.05, 0) is 31.2 Å². The number of sulfonamides is 1. The molecule has 108 valence electrons. The molecule has 2 aromatic rings. The Bertz CT molecular complexity index is 685. The fourth-order valence-corrected chi connectivity index (χ4v) is 3.13. The molecule has 8 heteroatoms. The first-order chi connectivity index (χ1) is 9.38. The summed E-state index contributed by atoms with van der Waals surface area (Å²) >= 11 is 0. The van der Waals surface area contributed by atoms with Crippen molar-refractivity contribution in [3.05, 3.63) is 42.5 Å². The fraction of sp³-hybridized carbons (Fsp3) is 0.250. The zero-order valence-electron chi connectivity index (χ0n) is 10.8. The summed E-state index contributed by atoms with van der Waals surface area (Å²) in [5.41, 5.74) is 5.68. The van der Waals surface area contributed by atoms with Gasteiger partial charge in [0.2, 0.25) is 10.0 Å². The molecule has 0 amide bonds. The van der Waals surface area contributed by atoms with Crippen molar-refractivity contribution in [2.24, 2.45) is 0 Å². The van der Waals surface area contributed by atoms with Crippen LogP contribution in [0.2, 0.25) is 0 Å². The number of nitrogen functional groups attached to an aromatic ring is 1. The van der Waals surface area contributed by atoms with Gasteiger partial charge in [0.05, 0.1) is 6.54 Å². The van der Waals surface area contributed by atoms with Gasteiger partial charge in [0, 0.05) is 24.1 Å². The highest BCUT2D eigenvalue weighted by Gasteiger charge is 2.21. The number of benzene rings is 1. The van der Waals surface area contributed by atoms with Crippen LogP contribution < -0.4 is 10.5 Å². The zero-order valence-corrected chi connectivity index (χ0v) is 11.6. The molecule has 1 aromatic heterocycles. The summed E-state index contributed by atoms with van der Waals surface area (Å²) < 4.78 is 41.8. The molecule has 2 rings (SSSR count). The number of rotatable bonds is 5. The van der Waals surface area contributed by atoms with E-state index in [-0.39, 0.29) is 5.69 Å². The molecule has 0 aliphatic rings. The van der Waals surface area contributed by atoms with Gasteiger partial charge in [-0.3, -0.25) is 4.68 Å². The van der Waals surface area contributed by atoms with Crippen molar-refractivity contribution in [3.8, 4) is 0 Å². The van der Waals surface area contributed by atoms with E-state index in [4.69, 9.17) is 5.73 Å². The van der Waals surface area contributed by atoms with Crippen molar-refractivity contribution in [2.75, 3.05) is 5.73 Å². The first-order valence-corrected chi connectivity index (χ1v) is 7.41. The van der Waals surface area contributed by atoms with Crippen molar-refractivity contribution in [1.29, 1.82) is 0 Å². The highest BCUT2D eigenvalue weighted by atomic mass is 32.2. The normalized spacial score (nSPS) is 13.3. The van der Waals surface area contributed by atoms with Crippen molar-refractivity contribution < 1.29 is 12.8 Å². The third-order valence-corrected chi connectivity index (χ3v) is 4.23. The average molecular weight is 298 g/mol. The Morgan fingerprint density at radius 2 is 2.25 bits per heavy atom. The van der Waals surface area contributed by atoms with Crippen LogP contribution in [0.3, 0.4) is 0 Å². The Morgan fingerprint density at radius 1 is 1.50 bits per heavy atom. The molecule has 0 radical (unpaired) electrons. The molecule has 0 spiro atoms. The van der Waals surface area contributed by atoms with Crippen LogP contribution in [0, 0.1) is 5.82 Å². The van der Waals surface area contributed by atoms with E-state index in [1.807, 2.05) is 0 Å². The lowest BCUT2D eigenvalue weighted by molar-refractivity contribution is 0.490. The Hall–Kier alpha value is -1.93. The standard InChI is InChI=1S/C12H15FN4O2S/c1-9(8-17-6-2-5-15-17)16-20(18,19)12-7-10(14)3-4-11(12)13/h2-7,9,16H,8,14H2,1H3. The van der Waals surface area contributed by atoms with Gasteiger partial charge >= 0.3 is 0 Å². The Labute approximate surface area is 116 Å². The molecule has 3 N–H and O–H groups in total. The molecule has 0 aliphatic carbocycles. The smallest absolute Gasteiger partial charge is 0.243 e. The van der Waals surface area contributed by atoms with Gasteiger partial charge in [-0.2, -0.15) is 5.10 Å². The van der Waals surface area contributed by atoms with Crippen LogP contribution in [0.15, 0.2) is 41.6 Å². The van der Waals surface area contributed by atoms with Crippen LogP contribution in [0.1, 0.15) is 6.92 Å². The van der Waals surface area contributed by atoms with E-state index in [0.717, 1.165) is 12.1 Å². The van der Waals surface area contributed by atoms with Crippen LogP contribution in [-0.2, 0) is 16.6 Å². The van der Waals surface area contributed by atoms with Crippen LogP contribution in [0.5, 0.6) is 0 Å². The van der Waals surface area contributed by atoms with E-state index in [1.54, 1.807) is 30.1 Å². The van der Waals surface area contributed by atoms with E-state index in [9.17, 15) is 12.8 Å². The zero-order chi connectivity index (χ0) is 14.8. The predicted molar refractivity (Wildman–Crippen MR) is 72.8 cm³/mol. The second-order valence-electron chi connectivity index (χ2n) is 4.44. The molecular weight excluding hydrogens is 283 g/mol. The summed E-state index contributed by atoms with van der Waals surface area (Å²) in [7, 11) is -3.96. The Kier molecular flexibility index (Phi) is 4.05. The lowest BCUT2D eigenvalue weighted by Gasteiger charge is -2.15. The second-order valence-corrected chi connectivity index (χ2v) is 6.12. The molecule has 20 heavy (non-hydrogen) atoms. The van der Waals surface area contributed by atoms with Crippen molar-refractivity contribution in [2.45, 2.75) is 24.4 Å². The van der Waals surface area contributed by atoms with Crippen LogP contribution in [0.25, 0.3) is 0 Å². The van der Waals surface area contributed by atoms with E-state index in [0.29, 0.717) is 6.54 Å². The molecule has 0 saturated heterocycles. The lowest BCUT2D eigenvalue weighted by Crippen LogP contribution is -2.36. The van der Waals surface area contributed by atoms with Gasteiger partial charge < -0.3 is 5.73 Å². The topological polar surface area (TPSA) is 90.0 Å². The second kappa shape index (κ2) is 5.59. The van der Waals surface area contributed by atoms with Gasteiger partial charge in [-0.1, -0.05) is 0 Å². The molecule has 0 bridgehead atoms. The SMILES string of the molecule is CC(Cn1cccn1)NS(=O)(=O)c1cc(N)ccc1F. The molecular formula is C12H15FN4O2S. The molecule has 0 saturated carbocycles. The summed E-state index contributed by atoms with van der Waals surface area (Å²) in [6.45, 7) is 2.01. The van der Waals surface area contributed by atoms with E-state index in [2.05, 4.69) is 9.82 Å². The maximum absolute atomic E-state index is 13.6. The maximum Gasteiger partial charge on any atom is 0.243 e. The Balaban J connectivity index is 2.16. The summed E-state index contributed by atoms with van der Waals surface area (Å²) in [6, 6.07) is 4.72. The average Bonchev–Trinajstić information content (AvgIpc) is 2.84. The van der Waals surface area contributed by atoms with E-state index in [1.165, 1.54) is 6.07 Å². The summed E-state index contributed by atoms with van der Waals surface area (Å²) in [5.74, 6) is -0.835. The predicted octanol–water partition coefficient (Wildman–Crippen LogP) is 0.971. The molecule has 6 nitrogen and oxygen atoms in total. The maximum atomic E-state index is 13.6. The minimum Gasteiger partial charge on any atom is -0.399 e. The fourth-order valence-electron chi connectivity index (χ4n) is 1.78. The number of hydrogen-bond donors (Lipinski definition) is 2. The van der Waals surface area contributed by atoms with Crippen molar-refractivity contribution in [3.63, 3.8) is 0 Å². The number of nitrogens with two attached hydrogens (primary N) is 1. The highest BCUT2D eigenvalue weighted by molar-refractivity contribution is 7.89. The molecule has 0 aliphatic heterocycles. The number of anilines is 1. The lowest BCUT2D eigenvalue weighted by atomic mass is 10.3. The minimum atomic E-state index is -3.96. The molecule has 1 aromatic carbocycles. The van der Waals surface area contributed by atoms with Gasteiger partial charge in [-0.25, -0.2) is 17.5 Å². The number of aromatic nitrogens is 2. The summed E-state index contributed by atoms with van der Waals surface area (Å²) in [4.78, 5) is -0.454. The largest absolute Gasteiger partial charge is 0.399 e. The molecule has 1 unspecified atom stereocenters. The van der Waals surface area contributed by atoms with Gasteiger partial charge in [0.25, 0.3) is 0 Å². The van der Waals surface area contributed by atoms with E-state index >= 15 is 0 Å². The molecule has 1 atom stereocenters. The number of nitrogens with one attached hydrogen (secondary N) is 1. The van der Waals surface area contributed by atoms with Gasteiger partial charge in [-0.15, -0.1) is 0 Å². The van der Waals surface area contributed by atoms with Crippen molar-refractivity contribution in [1.82, 2.24) is 14.5 Å². The molecule has 0 fully saturated rings. The number of hydrogen-bond acceptors (Lipinski definition) is 4. The third kappa shape index (κ3) is 3.34. The van der Waals surface area contributed by atoms with Gasteiger partial charge in [0.15, 0.2) is 0 Å². The summed E-state index contributed by atoms with van der Waals surface area (Å²) in [5, 5.41) is 3.98. The van der Waals surface area contributed by atoms with Crippen LogP contribution in [0.4, 0.5) is 10.1 Å². The highest BCUT2D eigenvalue weighted by Crippen LogP contribution is 2.17. The number of nitrogens with zero attached hydrogens (tertiary/aromatic N) is 2. The number of halogens is 1. The van der Waals surface area contributed by atoms with Crippen LogP contribution >= 0.6 is 0 Å². The Morgan fingerprint density at radius 3 is 2.90 bits per heavy atom. The van der Waals surface area contributed by atoms with Gasteiger partial charge in [0.1, 0.15) is 10.7 Å². The first kappa shape index (κ1) is 14.5. The van der Waals surface area contributed by atoms with E-state index < -0.39 is 26.8 Å². The van der Waals surface area contributed by atoms with Crippen LogP contribution in [-0.4, -0.2) is 24.2 Å². The molecule has 1 heterocycles. The van der Waals surface area contributed by atoms with Crippen molar-refractivity contribution >= 4 is 15.7 Å². The summed E-state index contributed by atoms with van der Waals surface area (Å²) in [6.07, 6.45) is 3.31. The third-order valence-electron chi connectivity index (χ3n) is 2.62. The minimum absolute atomic E-state index is 0.187. The quantitative estimate of drug-likeness (QED) is 0.805. The first-order valence-electron chi connectivity index (χ1n) is 5.93. The monoisotopic (exact) mass is 298 g/mol.